The molecule has 0 unspecified atom stereocenters. The van der Waals surface area contributed by atoms with Gasteiger partial charge in [-0.15, -0.1) is 10.2 Å². The number of fused-ring (bicyclic) bond motifs is 1. The number of rotatable bonds is 5. The fourth-order valence-corrected chi connectivity index (χ4v) is 2.16. The molecule has 0 aliphatic carbocycles. The maximum Gasteiger partial charge on any atom is 0.344 e. The smallest absolute Gasteiger partial charge is 0.344 e. The van der Waals surface area contributed by atoms with Gasteiger partial charge in [-0.05, 0) is 6.42 Å². The van der Waals surface area contributed by atoms with Crippen molar-refractivity contribution in [2.45, 2.75) is 19.8 Å². The summed E-state index contributed by atoms with van der Waals surface area (Å²) in [7, 11) is 0. The van der Waals surface area contributed by atoms with Crippen LogP contribution in [0, 0.1) is 0 Å². The van der Waals surface area contributed by atoms with E-state index in [0.29, 0.717) is 23.5 Å². The van der Waals surface area contributed by atoms with E-state index in [-0.39, 0.29) is 5.97 Å². The molecule has 0 atom stereocenters. The van der Waals surface area contributed by atoms with Crippen LogP contribution in [0.1, 0.15) is 30.1 Å². The zero-order valence-electron chi connectivity index (χ0n) is 11.7. The standard InChI is InChI=1S/C15H16N4O2/c1-2-3-9-21-15(20)12-13(11-7-5-4-6-8-11)18-19-10-16-17-14(12)19/h4-8,10,18H,2-3,9H2,1H3. The Bertz CT molecular complexity index is 745. The number of unbranched alkanes of at least 4 members (excludes halogenated alkanes) is 1. The average Bonchev–Trinajstić information content (AvgIpc) is 3.08. The number of nitrogens with zero attached hydrogens (tertiary/aromatic N) is 3. The largest absolute Gasteiger partial charge is 0.462 e. The summed E-state index contributed by atoms with van der Waals surface area (Å²) in [5.41, 5.74) is 2.51. The predicted molar refractivity (Wildman–Crippen MR) is 78.0 cm³/mol. The molecule has 3 aromatic rings. The molecule has 1 N–H and O–H groups in total. The van der Waals surface area contributed by atoms with Crippen LogP contribution < -0.4 is 0 Å². The van der Waals surface area contributed by atoms with E-state index >= 15 is 0 Å². The molecule has 108 valence electrons. The molecule has 2 heterocycles. The highest BCUT2D eigenvalue weighted by molar-refractivity contribution is 6.02. The third kappa shape index (κ3) is 2.52. The van der Waals surface area contributed by atoms with Gasteiger partial charge in [-0.25, -0.2) is 9.31 Å². The lowest BCUT2D eigenvalue weighted by molar-refractivity contribution is 0.0502. The van der Waals surface area contributed by atoms with Crippen LogP contribution in [0.25, 0.3) is 16.9 Å². The fourth-order valence-electron chi connectivity index (χ4n) is 2.16. The molecule has 3 rings (SSSR count). The molecular formula is C15H16N4O2. The summed E-state index contributed by atoms with van der Waals surface area (Å²) in [5, 5.41) is 10.9. The zero-order valence-corrected chi connectivity index (χ0v) is 11.7. The second-order valence-corrected chi connectivity index (χ2v) is 4.74. The van der Waals surface area contributed by atoms with Crippen molar-refractivity contribution < 1.29 is 9.53 Å². The summed E-state index contributed by atoms with van der Waals surface area (Å²) in [6, 6.07) is 9.63. The fraction of sp³-hybridized carbons (Fsp3) is 0.267. The molecule has 6 nitrogen and oxygen atoms in total. The normalized spacial score (nSPS) is 10.9. The predicted octanol–water partition coefficient (Wildman–Crippen LogP) is 2.68. The molecular weight excluding hydrogens is 268 g/mol. The van der Waals surface area contributed by atoms with E-state index in [2.05, 4.69) is 22.2 Å². The Morgan fingerprint density at radius 1 is 1.33 bits per heavy atom. The first-order chi connectivity index (χ1) is 10.3. The van der Waals surface area contributed by atoms with Crippen LogP contribution in [0.15, 0.2) is 36.7 Å². The highest BCUT2D eigenvalue weighted by Crippen LogP contribution is 2.25. The summed E-state index contributed by atoms with van der Waals surface area (Å²) >= 11 is 0. The van der Waals surface area contributed by atoms with E-state index < -0.39 is 0 Å². The lowest BCUT2D eigenvalue weighted by Gasteiger charge is -2.04. The lowest BCUT2D eigenvalue weighted by Crippen LogP contribution is -2.07. The van der Waals surface area contributed by atoms with Gasteiger partial charge in [-0.2, -0.15) is 0 Å². The Balaban J connectivity index is 2.02. The first-order valence-electron chi connectivity index (χ1n) is 6.95. The van der Waals surface area contributed by atoms with Crippen LogP contribution in [0.5, 0.6) is 0 Å². The molecule has 21 heavy (non-hydrogen) atoms. The van der Waals surface area contributed by atoms with E-state index in [1.807, 2.05) is 30.3 Å². The molecule has 6 heteroatoms. The molecule has 0 aliphatic heterocycles. The average molecular weight is 284 g/mol. The number of carbonyl (C=O) groups is 1. The number of hydrogen-bond acceptors (Lipinski definition) is 4. The van der Waals surface area contributed by atoms with Gasteiger partial charge in [0.15, 0.2) is 5.65 Å². The van der Waals surface area contributed by atoms with Gasteiger partial charge in [0.2, 0.25) is 0 Å². The molecule has 0 spiro atoms. The molecule has 0 amide bonds. The number of esters is 1. The molecule has 0 saturated heterocycles. The van der Waals surface area contributed by atoms with E-state index in [1.54, 1.807) is 4.52 Å². The van der Waals surface area contributed by atoms with E-state index in [1.165, 1.54) is 6.33 Å². The molecule has 0 aliphatic rings. The second-order valence-electron chi connectivity index (χ2n) is 4.74. The minimum Gasteiger partial charge on any atom is -0.462 e. The maximum atomic E-state index is 12.4. The topological polar surface area (TPSA) is 72.3 Å². The number of aromatic amines is 1. The minimum absolute atomic E-state index is 0.374. The quantitative estimate of drug-likeness (QED) is 0.577. The zero-order chi connectivity index (χ0) is 14.7. The molecule has 0 bridgehead atoms. The van der Waals surface area contributed by atoms with Crippen LogP contribution in [0.2, 0.25) is 0 Å². The van der Waals surface area contributed by atoms with E-state index in [0.717, 1.165) is 18.4 Å². The molecule has 0 saturated carbocycles. The monoisotopic (exact) mass is 284 g/mol. The number of nitrogens with one attached hydrogen (secondary N) is 1. The number of hydrogen-bond donors (Lipinski definition) is 1. The third-order valence-corrected chi connectivity index (χ3v) is 3.25. The van der Waals surface area contributed by atoms with Crippen molar-refractivity contribution >= 4 is 11.6 Å². The van der Waals surface area contributed by atoms with Gasteiger partial charge in [0.05, 0.1) is 12.3 Å². The van der Waals surface area contributed by atoms with Crippen LogP contribution in [-0.2, 0) is 4.74 Å². The van der Waals surface area contributed by atoms with E-state index in [4.69, 9.17) is 4.74 Å². The number of benzene rings is 1. The van der Waals surface area contributed by atoms with Crippen molar-refractivity contribution in [3.8, 4) is 11.3 Å². The summed E-state index contributed by atoms with van der Waals surface area (Å²) in [6.07, 6.45) is 3.36. The number of carbonyl (C=O) groups excluding carboxylic acids is 1. The van der Waals surface area contributed by atoms with Gasteiger partial charge in [-0.1, -0.05) is 43.7 Å². The summed E-state index contributed by atoms with van der Waals surface area (Å²) in [4.78, 5) is 12.4. The summed E-state index contributed by atoms with van der Waals surface area (Å²) < 4.78 is 6.95. The van der Waals surface area contributed by atoms with Gasteiger partial charge in [0, 0.05) is 5.56 Å². The van der Waals surface area contributed by atoms with Crippen molar-refractivity contribution in [2.75, 3.05) is 6.61 Å². The van der Waals surface area contributed by atoms with Crippen LogP contribution in [0.4, 0.5) is 0 Å². The van der Waals surface area contributed by atoms with Crippen molar-refractivity contribution in [1.29, 1.82) is 0 Å². The van der Waals surface area contributed by atoms with Crippen LogP contribution >= 0.6 is 0 Å². The van der Waals surface area contributed by atoms with Crippen molar-refractivity contribution in [3.63, 3.8) is 0 Å². The van der Waals surface area contributed by atoms with Crippen molar-refractivity contribution in [2.24, 2.45) is 0 Å². The van der Waals surface area contributed by atoms with Crippen molar-refractivity contribution in [1.82, 2.24) is 19.8 Å². The first-order valence-corrected chi connectivity index (χ1v) is 6.95. The summed E-state index contributed by atoms with van der Waals surface area (Å²) in [6.45, 7) is 2.46. The second kappa shape index (κ2) is 5.78. The van der Waals surface area contributed by atoms with Gasteiger partial charge in [0.25, 0.3) is 0 Å². The van der Waals surface area contributed by atoms with Crippen molar-refractivity contribution in [3.05, 3.63) is 42.2 Å². The van der Waals surface area contributed by atoms with Gasteiger partial charge in [-0.3, -0.25) is 5.10 Å². The first kappa shape index (κ1) is 13.4. The number of H-pyrrole nitrogens is 1. The minimum atomic E-state index is -0.374. The van der Waals surface area contributed by atoms with Gasteiger partial charge in [0.1, 0.15) is 11.9 Å². The highest BCUT2D eigenvalue weighted by Gasteiger charge is 2.22. The van der Waals surface area contributed by atoms with Gasteiger partial charge < -0.3 is 4.74 Å². The Hall–Kier alpha value is -2.63. The lowest BCUT2D eigenvalue weighted by atomic mass is 10.1. The SMILES string of the molecule is CCCCOC(=O)c1c(-c2ccccc2)[nH]n2cnnc12. The molecule has 1 aromatic carbocycles. The molecule has 0 fully saturated rings. The molecule has 2 aromatic heterocycles. The maximum absolute atomic E-state index is 12.4. The highest BCUT2D eigenvalue weighted by atomic mass is 16.5. The van der Waals surface area contributed by atoms with E-state index in [9.17, 15) is 4.79 Å². The van der Waals surface area contributed by atoms with Crippen LogP contribution in [-0.4, -0.2) is 32.4 Å². The summed E-state index contributed by atoms with van der Waals surface area (Å²) in [5.74, 6) is -0.374. The Kier molecular flexibility index (Phi) is 3.68. The Morgan fingerprint density at radius 2 is 2.14 bits per heavy atom. The molecule has 0 radical (unpaired) electrons. The number of aromatic nitrogens is 4. The number of ether oxygens (including phenoxy) is 1. The Morgan fingerprint density at radius 3 is 2.90 bits per heavy atom. The third-order valence-electron chi connectivity index (χ3n) is 3.25. The Labute approximate surface area is 121 Å². The van der Waals surface area contributed by atoms with Crippen LogP contribution in [0.3, 0.4) is 0 Å². The van der Waals surface area contributed by atoms with Gasteiger partial charge >= 0.3 is 5.97 Å².